The van der Waals surface area contributed by atoms with E-state index in [0.717, 1.165) is 0 Å². The number of carbonyl (C=O) groups excluding carboxylic acids is 2. The molecule has 0 spiro atoms. The summed E-state index contributed by atoms with van der Waals surface area (Å²) in [6.45, 7) is 0. The van der Waals surface area contributed by atoms with Crippen molar-refractivity contribution in [1.82, 2.24) is 14.9 Å². The molecule has 4 aromatic rings. The van der Waals surface area contributed by atoms with Gasteiger partial charge in [-0.05, 0) is 29.8 Å². The maximum Gasteiger partial charge on any atom is 0.269 e. The van der Waals surface area contributed by atoms with Crippen LogP contribution in [0.2, 0.25) is 0 Å². The van der Waals surface area contributed by atoms with Crippen LogP contribution >= 0.6 is 11.8 Å². The van der Waals surface area contributed by atoms with E-state index in [1.54, 1.807) is 48.5 Å². The number of thioether (sulfide) groups is 1. The van der Waals surface area contributed by atoms with Gasteiger partial charge in [0.2, 0.25) is 0 Å². The smallest absolute Gasteiger partial charge is 0.269 e. The number of para-hydroxylation sites is 2. The Hall–Kier alpha value is -3.98. The summed E-state index contributed by atoms with van der Waals surface area (Å²) in [5.41, 5.74) is 2.22. The number of hydrogen-bond acceptors (Lipinski definition) is 6. The monoisotopic (exact) mass is 444 g/mol. The topological polar surface area (TPSA) is 107 Å². The number of amides is 1. The zero-order valence-corrected chi connectivity index (χ0v) is 17.4. The summed E-state index contributed by atoms with van der Waals surface area (Å²) in [5, 5.41) is 14.1. The van der Waals surface area contributed by atoms with Gasteiger partial charge < -0.3 is 5.32 Å². The molecule has 0 saturated heterocycles. The lowest BCUT2D eigenvalue weighted by atomic mass is 10.0. The second-order valence-electron chi connectivity index (χ2n) is 7.26. The minimum absolute atomic E-state index is 0.0808. The van der Waals surface area contributed by atoms with E-state index in [1.807, 2.05) is 18.2 Å². The molecule has 5 rings (SSSR count). The van der Waals surface area contributed by atoms with Crippen molar-refractivity contribution in [3.63, 3.8) is 0 Å². The van der Waals surface area contributed by atoms with Gasteiger partial charge >= 0.3 is 0 Å². The van der Waals surface area contributed by atoms with Crippen molar-refractivity contribution in [1.29, 1.82) is 0 Å². The maximum absolute atomic E-state index is 13.6. The molecule has 1 aromatic heterocycles. The molecule has 2 heterocycles. The molecule has 0 fully saturated rings. The molecule has 0 saturated carbocycles. The van der Waals surface area contributed by atoms with Crippen LogP contribution in [0.25, 0.3) is 11.0 Å². The van der Waals surface area contributed by atoms with Crippen LogP contribution in [0.15, 0.2) is 84.0 Å². The number of nitrogens with zero attached hydrogens (tertiary/aromatic N) is 3. The molecule has 2 atom stereocenters. The van der Waals surface area contributed by atoms with Gasteiger partial charge in [-0.3, -0.25) is 24.3 Å². The number of nitro benzene ring substituents is 1. The first-order chi connectivity index (χ1) is 15.5. The van der Waals surface area contributed by atoms with Crippen LogP contribution in [0.5, 0.6) is 0 Å². The molecule has 9 heteroatoms. The fraction of sp³-hybridized carbons (Fsp3) is 0.0870. The molecule has 1 aliphatic heterocycles. The Labute approximate surface area is 186 Å². The number of imidazole rings is 1. The molecule has 3 aromatic carbocycles. The second kappa shape index (κ2) is 7.93. The van der Waals surface area contributed by atoms with E-state index < -0.39 is 22.1 Å². The number of carbonyl (C=O) groups is 2. The van der Waals surface area contributed by atoms with E-state index in [1.165, 1.54) is 28.5 Å². The molecule has 0 radical (unpaired) electrons. The van der Waals surface area contributed by atoms with Crippen molar-refractivity contribution in [3.05, 3.63) is 100 Å². The zero-order chi connectivity index (χ0) is 22.2. The molecule has 2 unspecified atom stereocenters. The lowest BCUT2D eigenvalue weighted by Gasteiger charge is -2.31. The van der Waals surface area contributed by atoms with Gasteiger partial charge in [0.15, 0.2) is 5.16 Å². The van der Waals surface area contributed by atoms with Gasteiger partial charge in [-0.15, -0.1) is 0 Å². The minimum atomic E-state index is -0.945. The van der Waals surface area contributed by atoms with Gasteiger partial charge in [0.05, 0.1) is 21.2 Å². The van der Waals surface area contributed by atoms with E-state index in [4.69, 9.17) is 0 Å². The van der Waals surface area contributed by atoms with Crippen LogP contribution < -0.4 is 5.32 Å². The summed E-state index contributed by atoms with van der Waals surface area (Å²) in [4.78, 5) is 41.9. The first-order valence-corrected chi connectivity index (χ1v) is 10.7. The molecule has 1 amide bonds. The molecule has 1 N–H and O–H groups in total. The first-order valence-electron chi connectivity index (χ1n) is 9.81. The Kier molecular flexibility index (Phi) is 4.95. The predicted octanol–water partition coefficient (Wildman–Crippen LogP) is 4.23. The Morgan fingerprint density at radius 3 is 2.56 bits per heavy atom. The van der Waals surface area contributed by atoms with Crippen LogP contribution in [0.4, 0.5) is 5.69 Å². The molecule has 32 heavy (non-hydrogen) atoms. The van der Waals surface area contributed by atoms with Gasteiger partial charge in [0.1, 0.15) is 6.04 Å². The average Bonchev–Trinajstić information content (AvgIpc) is 3.20. The lowest BCUT2D eigenvalue weighted by molar-refractivity contribution is -0.384. The lowest BCUT2D eigenvalue weighted by Crippen LogP contribution is -2.48. The first kappa shape index (κ1) is 20.0. The van der Waals surface area contributed by atoms with Gasteiger partial charge in [-0.1, -0.05) is 54.2 Å². The quantitative estimate of drug-likeness (QED) is 0.373. The summed E-state index contributed by atoms with van der Waals surface area (Å²) in [6.07, 6.45) is 0. The van der Waals surface area contributed by atoms with E-state index in [2.05, 4.69) is 10.3 Å². The van der Waals surface area contributed by atoms with Crippen LogP contribution in [0.3, 0.4) is 0 Å². The average molecular weight is 444 g/mol. The third-order valence-corrected chi connectivity index (χ3v) is 6.57. The minimum Gasteiger partial charge on any atom is -0.339 e. The molecular formula is C23H16N4O4S. The van der Waals surface area contributed by atoms with E-state index in [-0.39, 0.29) is 11.6 Å². The summed E-state index contributed by atoms with van der Waals surface area (Å²) < 4.78 is 1.50. The van der Waals surface area contributed by atoms with Gasteiger partial charge in [-0.25, -0.2) is 4.98 Å². The standard InChI is InChI=1S/C23H16N4O4S/c28-21(14-7-2-1-3-8-14)25-19-20(15-9-6-10-16(13-15)27(30)31)32-23-24-17-11-4-5-12-18(17)26(23)22(19)29/h1-13,19-20H,(H,25,28). The third kappa shape index (κ3) is 3.42. The zero-order valence-electron chi connectivity index (χ0n) is 16.5. The van der Waals surface area contributed by atoms with Crippen molar-refractivity contribution in [2.24, 2.45) is 0 Å². The van der Waals surface area contributed by atoms with Crippen molar-refractivity contribution >= 4 is 40.3 Å². The number of fused-ring (bicyclic) bond motifs is 3. The molecule has 158 valence electrons. The van der Waals surface area contributed by atoms with Crippen molar-refractivity contribution in [2.75, 3.05) is 0 Å². The number of benzene rings is 3. The predicted molar refractivity (Wildman–Crippen MR) is 120 cm³/mol. The van der Waals surface area contributed by atoms with E-state index >= 15 is 0 Å². The van der Waals surface area contributed by atoms with Crippen LogP contribution in [0.1, 0.15) is 26.0 Å². The third-order valence-electron chi connectivity index (χ3n) is 5.28. The molecular weight excluding hydrogens is 428 g/mol. The van der Waals surface area contributed by atoms with Crippen LogP contribution in [0, 0.1) is 10.1 Å². The second-order valence-corrected chi connectivity index (χ2v) is 8.37. The number of nitro groups is 1. The van der Waals surface area contributed by atoms with Crippen LogP contribution in [-0.4, -0.2) is 32.3 Å². The van der Waals surface area contributed by atoms with Gasteiger partial charge in [0.25, 0.3) is 17.5 Å². The highest BCUT2D eigenvalue weighted by Crippen LogP contribution is 2.43. The summed E-state index contributed by atoms with van der Waals surface area (Å²) in [6, 6.07) is 21.1. The molecule has 1 aliphatic rings. The number of aromatic nitrogens is 2. The summed E-state index contributed by atoms with van der Waals surface area (Å²) in [5.74, 6) is -0.735. The van der Waals surface area contributed by atoms with Crippen LogP contribution in [-0.2, 0) is 0 Å². The highest BCUT2D eigenvalue weighted by Gasteiger charge is 2.40. The molecule has 0 bridgehead atoms. The number of non-ortho nitro benzene ring substituents is 1. The number of hydrogen-bond donors (Lipinski definition) is 1. The Morgan fingerprint density at radius 2 is 1.78 bits per heavy atom. The van der Waals surface area contributed by atoms with E-state index in [0.29, 0.717) is 27.3 Å². The van der Waals surface area contributed by atoms with Gasteiger partial charge in [0, 0.05) is 17.7 Å². The van der Waals surface area contributed by atoms with Gasteiger partial charge in [-0.2, -0.15) is 0 Å². The SMILES string of the molecule is O=C(NC1C(=O)n2c(nc3ccccc32)SC1c1cccc([N+](=O)[O-])c1)c1ccccc1. The van der Waals surface area contributed by atoms with Crippen molar-refractivity contribution < 1.29 is 14.5 Å². The van der Waals surface area contributed by atoms with E-state index in [9.17, 15) is 19.7 Å². The van der Waals surface area contributed by atoms with Crippen molar-refractivity contribution in [3.8, 4) is 0 Å². The Bertz CT molecular complexity index is 1370. The highest BCUT2D eigenvalue weighted by atomic mass is 32.2. The maximum atomic E-state index is 13.6. The summed E-state index contributed by atoms with van der Waals surface area (Å²) in [7, 11) is 0. The number of nitrogens with one attached hydrogen (secondary N) is 1. The Morgan fingerprint density at radius 1 is 1.03 bits per heavy atom. The molecule has 8 nitrogen and oxygen atoms in total. The normalized spacial score (nSPS) is 17.7. The Balaban J connectivity index is 1.61. The van der Waals surface area contributed by atoms with Crippen molar-refractivity contribution in [2.45, 2.75) is 16.4 Å². The fourth-order valence-electron chi connectivity index (χ4n) is 3.77. The fourth-order valence-corrected chi connectivity index (χ4v) is 5.05. The number of rotatable bonds is 4. The molecule has 0 aliphatic carbocycles. The largest absolute Gasteiger partial charge is 0.339 e. The highest BCUT2D eigenvalue weighted by molar-refractivity contribution is 7.99. The summed E-state index contributed by atoms with van der Waals surface area (Å²) >= 11 is 1.30.